The van der Waals surface area contributed by atoms with Gasteiger partial charge in [0.1, 0.15) is 34.3 Å². The molecule has 1 spiro atoms. The largest absolute Gasteiger partial charge is 0.472 e. The number of aromatic nitrogens is 4. The van der Waals surface area contributed by atoms with Gasteiger partial charge < -0.3 is 30.2 Å². The zero-order valence-electron chi connectivity index (χ0n) is 26.6. The molecular formula is C32H38F4N8O3. The second kappa shape index (κ2) is 10.7. The summed E-state index contributed by atoms with van der Waals surface area (Å²) in [5.74, 6) is -0.889. The van der Waals surface area contributed by atoms with Crippen molar-refractivity contribution in [2.75, 3.05) is 56.6 Å². The molecule has 7 heterocycles. The normalized spacial score (nSPS) is 25.9. The van der Waals surface area contributed by atoms with Crippen LogP contribution < -0.4 is 25.4 Å². The summed E-state index contributed by atoms with van der Waals surface area (Å²) in [7, 11) is 0. The molecule has 3 aromatic heterocycles. The van der Waals surface area contributed by atoms with Gasteiger partial charge >= 0.3 is 12.2 Å². The van der Waals surface area contributed by atoms with Crippen LogP contribution in [-0.4, -0.2) is 94.6 Å². The summed E-state index contributed by atoms with van der Waals surface area (Å²) >= 11 is 0. The maximum Gasteiger partial charge on any atom is 0.418 e. The molecule has 8 rings (SSSR count). The fourth-order valence-corrected chi connectivity index (χ4v) is 7.64. The first kappa shape index (κ1) is 30.8. The summed E-state index contributed by atoms with van der Waals surface area (Å²) in [6, 6.07) is 0.878. The lowest BCUT2D eigenvalue weighted by atomic mass is 9.85. The Labute approximate surface area is 269 Å². The van der Waals surface area contributed by atoms with E-state index in [1.165, 1.54) is 6.92 Å². The number of halogens is 4. The number of hydrogen-bond donors (Lipinski definition) is 2. The molecule has 3 saturated heterocycles. The second-order valence-corrected chi connectivity index (χ2v) is 14.0. The van der Waals surface area contributed by atoms with Gasteiger partial charge in [-0.1, -0.05) is 6.92 Å². The molecule has 0 amide bonds. The molecule has 4 aliphatic heterocycles. The Hall–Kier alpha value is -3.56. The number of rotatable bonds is 7. The number of piperazine rings is 1. The molecular weight excluding hydrogens is 620 g/mol. The highest BCUT2D eigenvalue weighted by Crippen LogP contribution is 2.50. The van der Waals surface area contributed by atoms with E-state index in [4.69, 9.17) is 24.9 Å². The molecule has 5 aliphatic rings. The fraction of sp³-hybridized carbons (Fsp3) is 0.625. The van der Waals surface area contributed by atoms with Crippen molar-refractivity contribution in [3.05, 3.63) is 23.1 Å². The lowest BCUT2D eigenvalue weighted by molar-refractivity contribution is -0.224. The minimum atomic E-state index is -4.85. The highest BCUT2D eigenvalue weighted by molar-refractivity contribution is 5.97. The zero-order chi connectivity index (χ0) is 32.9. The SMILES string of the molecule is CC[C@@H]1CN2c3nc(OCC4(CN5CC6(CCO6)C5)CC4)nc4c(F)c(-c5cc(N)nc(C)c5C(F)(F)F)nc(c34)O[C@@H](C)[C@@H]2CN1. The maximum atomic E-state index is 16.8. The minimum Gasteiger partial charge on any atom is -0.472 e. The Morgan fingerprint density at radius 2 is 1.91 bits per heavy atom. The number of fused-ring (bicyclic) bond motifs is 2. The Bertz CT molecular complexity index is 1740. The lowest BCUT2D eigenvalue weighted by Crippen LogP contribution is -2.68. The van der Waals surface area contributed by atoms with E-state index in [-0.39, 0.29) is 57.4 Å². The van der Waals surface area contributed by atoms with E-state index in [0.717, 1.165) is 58.0 Å². The van der Waals surface area contributed by atoms with Crippen molar-refractivity contribution < 1.29 is 31.8 Å². The summed E-state index contributed by atoms with van der Waals surface area (Å²) < 4.78 is 78.2. The first-order chi connectivity index (χ1) is 22.4. The molecule has 1 aliphatic carbocycles. The smallest absolute Gasteiger partial charge is 0.418 e. The number of likely N-dealkylation sites (tertiary alicyclic amines) is 1. The van der Waals surface area contributed by atoms with Crippen LogP contribution in [0.15, 0.2) is 6.07 Å². The van der Waals surface area contributed by atoms with E-state index in [1.54, 1.807) is 0 Å². The van der Waals surface area contributed by atoms with E-state index in [0.29, 0.717) is 25.5 Å². The molecule has 0 radical (unpaired) electrons. The molecule has 0 bridgehead atoms. The number of pyridine rings is 2. The molecule has 3 aromatic rings. The van der Waals surface area contributed by atoms with E-state index in [9.17, 15) is 13.2 Å². The highest BCUT2D eigenvalue weighted by Gasteiger charge is 2.54. The summed E-state index contributed by atoms with van der Waals surface area (Å²) in [4.78, 5) is 22.0. The summed E-state index contributed by atoms with van der Waals surface area (Å²) in [6.45, 7) is 10.1. The van der Waals surface area contributed by atoms with Crippen LogP contribution in [0.1, 0.15) is 50.8 Å². The minimum absolute atomic E-state index is 0.0277. The Balaban J connectivity index is 1.23. The fourth-order valence-electron chi connectivity index (χ4n) is 7.64. The Morgan fingerprint density at radius 1 is 1.15 bits per heavy atom. The van der Waals surface area contributed by atoms with Gasteiger partial charge in [0.15, 0.2) is 5.82 Å². The molecule has 4 fully saturated rings. The molecule has 3 N–H and O–H groups in total. The van der Waals surface area contributed by atoms with Crippen LogP contribution in [0.3, 0.4) is 0 Å². The summed E-state index contributed by atoms with van der Waals surface area (Å²) in [5, 5.41) is 3.73. The second-order valence-electron chi connectivity index (χ2n) is 14.0. The van der Waals surface area contributed by atoms with Crippen LogP contribution >= 0.6 is 0 Å². The van der Waals surface area contributed by atoms with E-state index >= 15 is 4.39 Å². The van der Waals surface area contributed by atoms with Crippen molar-refractivity contribution in [1.29, 1.82) is 0 Å². The van der Waals surface area contributed by atoms with E-state index in [1.807, 2.05) is 6.92 Å². The highest BCUT2D eigenvalue weighted by atomic mass is 19.4. The van der Waals surface area contributed by atoms with E-state index < -0.39 is 34.9 Å². The third kappa shape index (κ3) is 5.21. The van der Waals surface area contributed by atoms with Crippen molar-refractivity contribution in [3.8, 4) is 23.1 Å². The molecule has 47 heavy (non-hydrogen) atoms. The number of hydrogen-bond acceptors (Lipinski definition) is 11. The first-order valence-corrected chi connectivity index (χ1v) is 16.3. The number of nitrogens with two attached hydrogens (primary N) is 1. The van der Waals surface area contributed by atoms with Crippen LogP contribution in [0.2, 0.25) is 0 Å². The van der Waals surface area contributed by atoms with Crippen LogP contribution in [-0.2, 0) is 10.9 Å². The molecule has 11 nitrogen and oxygen atoms in total. The van der Waals surface area contributed by atoms with Crippen molar-refractivity contribution >= 4 is 22.5 Å². The van der Waals surface area contributed by atoms with Crippen molar-refractivity contribution in [2.45, 2.75) is 76.4 Å². The van der Waals surface area contributed by atoms with Gasteiger partial charge in [0.2, 0.25) is 5.88 Å². The average molecular weight is 659 g/mol. The standard InChI is InChI=1S/C32H38F4N8O3/c1-4-18-11-44-20(10-38-18)17(3)47-28-22-26(24(33)25(40-28)19-9-21(37)39-16(2)23(19)32(34,35)36)41-29(42-27(22)44)45-15-30(5-6-30)12-43-13-31(14-43)7-8-46-31/h9,17-18,20,38H,4-8,10-15H2,1-3H3,(H2,37,39)/t17-,18+,20-/m0/s1. The Kier molecular flexibility index (Phi) is 7.02. The number of nitrogen functional groups attached to an aromatic ring is 1. The van der Waals surface area contributed by atoms with Crippen molar-refractivity contribution in [2.24, 2.45) is 5.41 Å². The van der Waals surface area contributed by atoms with Crippen molar-refractivity contribution in [3.63, 3.8) is 0 Å². The number of nitrogens with one attached hydrogen (secondary N) is 1. The maximum absolute atomic E-state index is 16.8. The molecule has 252 valence electrons. The van der Waals surface area contributed by atoms with Gasteiger partial charge in [0.25, 0.3) is 0 Å². The summed E-state index contributed by atoms with van der Waals surface area (Å²) in [5.41, 5.74) is 3.00. The van der Waals surface area contributed by atoms with E-state index in [2.05, 4.69) is 37.0 Å². The van der Waals surface area contributed by atoms with Gasteiger partial charge in [-0.25, -0.2) is 14.4 Å². The van der Waals surface area contributed by atoms with Gasteiger partial charge in [-0.15, -0.1) is 0 Å². The van der Waals surface area contributed by atoms with Gasteiger partial charge in [0.05, 0.1) is 36.1 Å². The lowest BCUT2D eigenvalue weighted by Gasteiger charge is -2.56. The number of nitrogens with zero attached hydrogens (tertiary/aromatic N) is 6. The first-order valence-electron chi connectivity index (χ1n) is 16.3. The molecule has 1 saturated carbocycles. The molecule has 0 unspecified atom stereocenters. The number of anilines is 2. The monoisotopic (exact) mass is 658 g/mol. The van der Waals surface area contributed by atoms with Gasteiger partial charge in [-0.05, 0) is 39.2 Å². The quantitative estimate of drug-likeness (QED) is 0.357. The topological polar surface area (TPSA) is 124 Å². The van der Waals surface area contributed by atoms with Crippen LogP contribution in [0.5, 0.6) is 11.9 Å². The third-order valence-corrected chi connectivity index (χ3v) is 10.5. The summed E-state index contributed by atoms with van der Waals surface area (Å²) in [6.07, 6.45) is -1.41. The third-order valence-electron chi connectivity index (χ3n) is 10.5. The van der Waals surface area contributed by atoms with Gasteiger partial charge in [-0.3, -0.25) is 4.90 Å². The number of ether oxygens (including phenoxy) is 3. The van der Waals surface area contributed by atoms with Crippen LogP contribution in [0.25, 0.3) is 22.2 Å². The van der Waals surface area contributed by atoms with Gasteiger partial charge in [0, 0.05) is 56.2 Å². The van der Waals surface area contributed by atoms with Gasteiger partial charge in [-0.2, -0.15) is 23.1 Å². The average Bonchev–Trinajstić information content (AvgIpc) is 3.76. The predicted molar refractivity (Wildman–Crippen MR) is 165 cm³/mol. The van der Waals surface area contributed by atoms with Crippen LogP contribution in [0, 0.1) is 18.2 Å². The molecule has 3 atom stereocenters. The zero-order valence-corrected chi connectivity index (χ0v) is 26.6. The number of alkyl halides is 3. The molecule has 15 heteroatoms. The predicted octanol–water partition coefficient (Wildman–Crippen LogP) is 4.11. The molecule has 0 aromatic carbocycles. The number of aryl methyl sites for hydroxylation is 1. The Morgan fingerprint density at radius 3 is 2.57 bits per heavy atom. The van der Waals surface area contributed by atoms with Crippen molar-refractivity contribution in [1.82, 2.24) is 30.2 Å². The van der Waals surface area contributed by atoms with Crippen LogP contribution in [0.4, 0.5) is 29.2 Å².